The van der Waals surface area contributed by atoms with E-state index in [0.29, 0.717) is 17.3 Å². The standard InChI is InChI=1S/C10H8ClN3O3/c1-6(11)9-12-10(17-13-9)7-2-4-8(5-3-7)14(15)16/h2-6H,1H3. The van der Waals surface area contributed by atoms with Crippen molar-refractivity contribution in [1.82, 2.24) is 10.1 Å². The summed E-state index contributed by atoms with van der Waals surface area (Å²) in [5.74, 6) is 0.683. The van der Waals surface area contributed by atoms with Crippen molar-refractivity contribution in [3.05, 3.63) is 40.2 Å². The van der Waals surface area contributed by atoms with Gasteiger partial charge in [0.15, 0.2) is 5.82 Å². The first-order valence-corrected chi connectivity index (χ1v) is 5.24. The average molecular weight is 254 g/mol. The van der Waals surface area contributed by atoms with Crippen LogP contribution < -0.4 is 0 Å². The Bertz CT molecular complexity index is 536. The molecule has 0 aliphatic rings. The Kier molecular flexibility index (Phi) is 3.06. The van der Waals surface area contributed by atoms with Gasteiger partial charge in [-0.25, -0.2) is 0 Å². The molecule has 17 heavy (non-hydrogen) atoms. The van der Waals surface area contributed by atoms with Crippen LogP contribution in [0.4, 0.5) is 5.69 Å². The van der Waals surface area contributed by atoms with E-state index in [1.807, 2.05) is 0 Å². The zero-order chi connectivity index (χ0) is 12.4. The van der Waals surface area contributed by atoms with Gasteiger partial charge in [0.1, 0.15) is 0 Å². The second kappa shape index (κ2) is 4.50. The van der Waals surface area contributed by atoms with Crippen molar-refractivity contribution in [3.8, 4) is 11.5 Å². The molecule has 7 heteroatoms. The summed E-state index contributed by atoms with van der Waals surface area (Å²) in [5.41, 5.74) is 0.630. The predicted molar refractivity (Wildman–Crippen MR) is 60.7 cm³/mol. The maximum atomic E-state index is 10.5. The number of rotatable bonds is 3. The van der Waals surface area contributed by atoms with E-state index in [1.54, 1.807) is 19.1 Å². The molecule has 1 unspecified atom stereocenters. The lowest BCUT2D eigenvalue weighted by Gasteiger charge is -1.94. The number of hydrogen-bond donors (Lipinski definition) is 0. The molecule has 1 atom stereocenters. The maximum Gasteiger partial charge on any atom is 0.269 e. The molecular formula is C10H8ClN3O3. The summed E-state index contributed by atoms with van der Waals surface area (Å²) in [5, 5.41) is 13.8. The van der Waals surface area contributed by atoms with Gasteiger partial charge >= 0.3 is 0 Å². The van der Waals surface area contributed by atoms with Gasteiger partial charge in [0.05, 0.1) is 10.3 Å². The Morgan fingerprint density at radius 2 is 2.06 bits per heavy atom. The highest BCUT2D eigenvalue weighted by molar-refractivity contribution is 6.20. The Morgan fingerprint density at radius 3 is 2.53 bits per heavy atom. The van der Waals surface area contributed by atoms with Gasteiger partial charge in [-0.2, -0.15) is 4.98 Å². The first-order valence-electron chi connectivity index (χ1n) is 4.80. The quantitative estimate of drug-likeness (QED) is 0.477. The van der Waals surface area contributed by atoms with E-state index in [1.165, 1.54) is 12.1 Å². The molecule has 88 valence electrons. The summed E-state index contributed by atoms with van der Waals surface area (Å²) in [4.78, 5) is 14.1. The van der Waals surface area contributed by atoms with Crippen LogP contribution in [0.15, 0.2) is 28.8 Å². The summed E-state index contributed by atoms with van der Waals surface area (Å²) < 4.78 is 5.00. The number of hydrogen-bond acceptors (Lipinski definition) is 5. The number of alkyl halides is 1. The highest BCUT2D eigenvalue weighted by Gasteiger charge is 2.13. The molecule has 2 rings (SSSR count). The van der Waals surface area contributed by atoms with Crippen molar-refractivity contribution >= 4 is 17.3 Å². The number of benzene rings is 1. The first kappa shape index (κ1) is 11.5. The van der Waals surface area contributed by atoms with Gasteiger partial charge in [0, 0.05) is 17.7 Å². The summed E-state index contributed by atoms with van der Waals surface area (Å²) in [6.07, 6.45) is 0. The van der Waals surface area contributed by atoms with Gasteiger partial charge in [0.25, 0.3) is 11.6 Å². The van der Waals surface area contributed by atoms with E-state index in [4.69, 9.17) is 16.1 Å². The minimum atomic E-state index is -0.468. The van der Waals surface area contributed by atoms with Crippen LogP contribution in [-0.4, -0.2) is 15.1 Å². The summed E-state index contributed by atoms with van der Waals surface area (Å²) in [6, 6.07) is 5.86. The third kappa shape index (κ3) is 2.42. The number of nitro benzene ring substituents is 1. The molecule has 2 aromatic rings. The summed E-state index contributed by atoms with van der Waals surface area (Å²) in [7, 11) is 0. The van der Waals surface area contributed by atoms with Crippen LogP contribution in [0, 0.1) is 10.1 Å². The maximum absolute atomic E-state index is 10.5. The average Bonchev–Trinajstić information content (AvgIpc) is 2.78. The van der Waals surface area contributed by atoms with E-state index >= 15 is 0 Å². The first-order chi connectivity index (χ1) is 8.08. The van der Waals surface area contributed by atoms with Gasteiger partial charge in [0.2, 0.25) is 0 Å². The molecular weight excluding hydrogens is 246 g/mol. The molecule has 0 radical (unpaired) electrons. The molecule has 1 aromatic heterocycles. The summed E-state index contributed by atoms with van der Waals surface area (Å²) in [6.45, 7) is 1.73. The predicted octanol–water partition coefficient (Wildman–Crippen LogP) is 2.94. The van der Waals surface area contributed by atoms with Crippen LogP contribution in [-0.2, 0) is 0 Å². The third-order valence-electron chi connectivity index (χ3n) is 2.12. The molecule has 1 heterocycles. The lowest BCUT2D eigenvalue weighted by atomic mass is 10.2. The van der Waals surface area contributed by atoms with Crippen LogP contribution in [0.5, 0.6) is 0 Å². The van der Waals surface area contributed by atoms with Crippen LogP contribution >= 0.6 is 11.6 Å². The number of aromatic nitrogens is 2. The zero-order valence-electron chi connectivity index (χ0n) is 8.83. The Balaban J connectivity index is 2.30. The minimum absolute atomic E-state index is 0.0131. The van der Waals surface area contributed by atoms with Gasteiger partial charge < -0.3 is 4.52 Å². The fraction of sp³-hybridized carbons (Fsp3) is 0.200. The molecule has 0 aliphatic carbocycles. The molecule has 0 spiro atoms. The Labute approximate surface area is 101 Å². The van der Waals surface area contributed by atoms with Crippen molar-refractivity contribution in [2.75, 3.05) is 0 Å². The van der Waals surface area contributed by atoms with E-state index in [-0.39, 0.29) is 11.1 Å². The van der Waals surface area contributed by atoms with Crippen LogP contribution in [0.2, 0.25) is 0 Å². The van der Waals surface area contributed by atoms with Crippen LogP contribution in [0.3, 0.4) is 0 Å². The smallest absolute Gasteiger partial charge is 0.269 e. The van der Waals surface area contributed by atoms with Crippen molar-refractivity contribution < 1.29 is 9.45 Å². The van der Waals surface area contributed by atoms with E-state index in [0.717, 1.165) is 0 Å². The van der Waals surface area contributed by atoms with Gasteiger partial charge in [-0.05, 0) is 19.1 Å². The van der Waals surface area contributed by atoms with Gasteiger partial charge in [-0.1, -0.05) is 5.16 Å². The highest BCUT2D eigenvalue weighted by atomic mass is 35.5. The second-order valence-corrected chi connectivity index (χ2v) is 4.03. The molecule has 0 amide bonds. The molecule has 1 aromatic carbocycles. The van der Waals surface area contributed by atoms with Gasteiger partial charge in [-0.15, -0.1) is 11.6 Å². The van der Waals surface area contributed by atoms with Crippen molar-refractivity contribution in [2.45, 2.75) is 12.3 Å². The monoisotopic (exact) mass is 253 g/mol. The normalized spacial score (nSPS) is 12.4. The number of halogens is 1. The molecule has 0 saturated heterocycles. The lowest BCUT2D eigenvalue weighted by molar-refractivity contribution is -0.384. The molecule has 0 fully saturated rings. The third-order valence-corrected chi connectivity index (χ3v) is 2.32. The van der Waals surface area contributed by atoms with E-state index in [2.05, 4.69) is 10.1 Å². The zero-order valence-corrected chi connectivity index (χ0v) is 9.59. The van der Waals surface area contributed by atoms with E-state index < -0.39 is 4.92 Å². The number of nitrogens with zero attached hydrogens (tertiary/aromatic N) is 3. The lowest BCUT2D eigenvalue weighted by Crippen LogP contribution is -1.88. The molecule has 0 N–H and O–H groups in total. The van der Waals surface area contributed by atoms with Crippen molar-refractivity contribution in [2.24, 2.45) is 0 Å². The Morgan fingerprint density at radius 1 is 1.41 bits per heavy atom. The SMILES string of the molecule is CC(Cl)c1noc(-c2ccc([N+](=O)[O-])cc2)n1. The Hall–Kier alpha value is -1.95. The topological polar surface area (TPSA) is 82.1 Å². The molecule has 0 saturated carbocycles. The van der Waals surface area contributed by atoms with Crippen LogP contribution in [0.1, 0.15) is 18.1 Å². The fourth-order valence-electron chi connectivity index (χ4n) is 1.24. The minimum Gasteiger partial charge on any atom is -0.334 e. The highest BCUT2D eigenvalue weighted by Crippen LogP contribution is 2.23. The van der Waals surface area contributed by atoms with Crippen molar-refractivity contribution in [3.63, 3.8) is 0 Å². The van der Waals surface area contributed by atoms with Crippen LogP contribution in [0.25, 0.3) is 11.5 Å². The number of non-ortho nitro benzene ring substituents is 1. The molecule has 6 nitrogen and oxygen atoms in total. The summed E-state index contributed by atoms with van der Waals surface area (Å²) >= 11 is 5.80. The van der Waals surface area contributed by atoms with Gasteiger partial charge in [-0.3, -0.25) is 10.1 Å². The second-order valence-electron chi connectivity index (χ2n) is 3.38. The molecule has 0 aliphatic heterocycles. The van der Waals surface area contributed by atoms with E-state index in [9.17, 15) is 10.1 Å². The van der Waals surface area contributed by atoms with Crippen molar-refractivity contribution in [1.29, 1.82) is 0 Å². The fourth-order valence-corrected chi connectivity index (χ4v) is 1.33. The largest absolute Gasteiger partial charge is 0.334 e. The molecule has 0 bridgehead atoms. The number of nitro groups is 1.